The molecule has 0 aromatic heterocycles. The van der Waals surface area contributed by atoms with Gasteiger partial charge in [-0.3, -0.25) is 0 Å². The summed E-state index contributed by atoms with van der Waals surface area (Å²) in [5.41, 5.74) is -1.11. The van der Waals surface area contributed by atoms with Gasteiger partial charge in [0.05, 0.1) is 0 Å². The average Bonchev–Trinajstić information content (AvgIpc) is 2.24. The predicted octanol–water partition coefficient (Wildman–Crippen LogP) is 3.13. The summed E-state index contributed by atoms with van der Waals surface area (Å²) in [7, 11) is 0. The van der Waals surface area contributed by atoms with Crippen LogP contribution in [0.1, 0.15) is 32.4 Å². The van der Waals surface area contributed by atoms with Crippen molar-refractivity contribution < 1.29 is 23.8 Å². The number of hydrogen-bond acceptors (Lipinski definition) is 3. The van der Waals surface area contributed by atoms with Gasteiger partial charge in [-0.2, -0.15) is 0 Å². The molecule has 0 saturated carbocycles. The van der Waals surface area contributed by atoms with Gasteiger partial charge < -0.3 is 15.2 Å². The topological polar surface area (TPSA) is 75.6 Å². The van der Waals surface area contributed by atoms with E-state index in [1.807, 2.05) is 0 Å². The first-order valence-corrected chi connectivity index (χ1v) is 6.16. The van der Waals surface area contributed by atoms with Crippen LogP contribution >= 0.6 is 11.6 Å². The highest BCUT2D eigenvalue weighted by Gasteiger charge is 2.29. The molecule has 0 bridgehead atoms. The number of ether oxygens (including phenoxy) is 1. The number of hydrogen-bond donors (Lipinski definition) is 2. The standard InChI is InChI=1S/C13H15ClFNO4/c1-13(2,3)20-12(19)16-10(11(17)18)9-7(14)5-4-6-8(9)15/h4-6,10H,1-3H3,(H,16,19)(H,17,18). The van der Waals surface area contributed by atoms with E-state index in [1.54, 1.807) is 20.8 Å². The fourth-order valence-electron chi connectivity index (χ4n) is 1.47. The van der Waals surface area contributed by atoms with Gasteiger partial charge in [-0.25, -0.2) is 14.0 Å². The van der Waals surface area contributed by atoms with Gasteiger partial charge in [0.1, 0.15) is 11.4 Å². The van der Waals surface area contributed by atoms with E-state index in [1.165, 1.54) is 12.1 Å². The van der Waals surface area contributed by atoms with Gasteiger partial charge in [-0.1, -0.05) is 17.7 Å². The second-order valence-electron chi connectivity index (χ2n) is 5.05. The van der Waals surface area contributed by atoms with Crippen LogP contribution in [0.15, 0.2) is 18.2 Å². The molecule has 0 heterocycles. The Bertz CT molecular complexity index is 507. The minimum Gasteiger partial charge on any atom is -0.479 e. The highest BCUT2D eigenvalue weighted by atomic mass is 35.5. The number of halogens is 2. The van der Waals surface area contributed by atoms with Gasteiger partial charge in [0.2, 0.25) is 0 Å². The Morgan fingerprint density at radius 2 is 2.00 bits per heavy atom. The summed E-state index contributed by atoms with van der Waals surface area (Å²) >= 11 is 5.79. The summed E-state index contributed by atoms with van der Waals surface area (Å²) in [5, 5.41) is 11.1. The molecule has 0 aliphatic heterocycles. The van der Waals surface area contributed by atoms with Gasteiger partial charge in [0.25, 0.3) is 0 Å². The van der Waals surface area contributed by atoms with E-state index in [0.29, 0.717) is 0 Å². The number of carboxylic acid groups (broad SMARTS) is 1. The van der Waals surface area contributed by atoms with Crippen LogP contribution in [0.3, 0.4) is 0 Å². The number of nitrogens with one attached hydrogen (secondary N) is 1. The smallest absolute Gasteiger partial charge is 0.408 e. The molecule has 1 aromatic rings. The first-order chi connectivity index (χ1) is 9.11. The number of alkyl carbamates (subject to hydrolysis) is 1. The summed E-state index contributed by atoms with van der Waals surface area (Å²) in [6, 6.07) is 2.12. The highest BCUT2D eigenvalue weighted by molar-refractivity contribution is 6.31. The minimum absolute atomic E-state index is 0.0894. The summed E-state index contributed by atoms with van der Waals surface area (Å²) in [4.78, 5) is 22.8. The molecule has 110 valence electrons. The quantitative estimate of drug-likeness (QED) is 0.899. The van der Waals surface area contributed by atoms with E-state index in [2.05, 4.69) is 5.32 Å². The van der Waals surface area contributed by atoms with Crippen molar-refractivity contribution in [3.63, 3.8) is 0 Å². The molecule has 20 heavy (non-hydrogen) atoms. The van der Waals surface area contributed by atoms with Crippen molar-refractivity contribution >= 4 is 23.7 Å². The number of carbonyl (C=O) groups excluding carboxylic acids is 1. The van der Waals surface area contributed by atoms with E-state index in [4.69, 9.17) is 21.4 Å². The molecule has 1 atom stereocenters. The van der Waals surface area contributed by atoms with Crippen LogP contribution in [0, 0.1) is 5.82 Å². The first-order valence-electron chi connectivity index (χ1n) is 5.78. The third-order valence-electron chi connectivity index (χ3n) is 2.20. The van der Waals surface area contributed by atoms with Crippen LogP contribution in [0.25, 0.3) is 0 Å². The van der Waals surface area contributed by atoms with E-state index in [9.17, 15) is 14.0 Å². The number of amides is 1. The van der Waals surface area contributed by atoms with E-state index >= 15 is 0 Å². The lowest BCUT2D eigenvalue weighted by molar-refractivity contribution is -0.139. The van der Waals surface area contributed by atoms with Gasteiger partial charge in [0.15, 0.2) is 6.04 Å². The fourth-order valence-corrected chi connectivity index (χ4v) is 1.74. The molecule has 1 unspecified atom stereocenters. The molecule has 0 spiro atoms. The van der Waals surface area contributed by atoms with Crippen molar-refractivity contribution in [1.82, 2.24) is 5.32 Å². The summed E-state index contributed by atoms with van der Waals surface area (Å²) in [6.45, 7) is 4.87. The van der Waals surface area contributed by atoms with Crippen LogP contribution in [-0.4, -0.2) is 22.8 Å². The lowest BCUT2D eigenvalue weighted by atomic mass is 10.1. The molecule has 5 nitrogen and oxygen atoms in total. The monoisotopic (exact) mass is 303 g/mol. The van der Waals surface area contributed by atoms with Gasteiger partial charge in [-0.05, 0) is 32.9 Å². The molecule has 0 radical (unpaired) electrons. The first kappa shape index (κ1) is 16.2. The van der Waals surface area contributed by atoms with Crippen LogP contribution in [0.4, 0.5) is 9.18 Å². The zero-order valence-corrected chi connectivity index (χ0v) is 12.0. The molecular formula is C13H15ClFNO4. The second kappa shape index (κ2) is 6.09. The van der Waals surface area contributed by atoms with Crippen molar-refractivity contribution in [2.45, 2.75) is 32.4 Å². The normalized spacial score (nSPS) is 12.7. The Balaban J connectivity index is 3.02. The Morgan fingerprint density at radius 3 is 2.45 bits per heavy atom. The third kappa shape index (κ3) is 4.38. The summed E-state index contributed by atoms with van der Waals surface area (Å²) in [5.74, 6) is -2.26. The number of carboxylic acids is 1. The largest absolute Gasteiger partial charge is 0.479 e. The summed E-state index contributed by atoms with van der Waals surface area (Å²) < 4.78 is 18.6. The number of rotatable bonds is 3. The molecule has 0 fully saturated rings. The number of benzene rings is 1. The predicted molar refractivity (Wildman–Crippen MR) is 71.2 cm³/mol. The molecule has 1 amide bonds. The SMILES string of the molecule is CC(C)(C)OC(=O)NC(C(=O)O)c1c(F)cccc1Cl. The molecule has 1 rings (SSSR count). The van der Waals surface area contributed by atoms with Crippen molar-refractivity contribution in [3.05, 3.63) is 34.6 Å². The zero-order chi connectivity index (χ0) is 15.5. The average molecular weight is 304 g/mol. The Morgan fingerprint density at radius 1 is 1.40 bits per heavy atom. The molecule has 2 N–H and O–H groups in total. The minimum atomic E-state index is -1.63. The maximum absolute atomic E-state index is 13.7. The van der Waals surface area contributed by atoms with E-state index in [-0.39, 0.29) is 10.6 Å². The Kier molecular flexibility index (Phi) is 4.94. The van der Waals surface area contributed by atoms with Gasteiger partial charge >= 0.3 is 12.1 Å². The highest BCUT2D eigenvalue weighted by Crippen LogP contribution is 2.26. The lowest BCUT2D eigenvalue weighted by Gasteiger charge is -2.22. The van der Waals surface area contributed by atoms with Gasteiger partial charge in [-0.15, -0.1) is 0 Å². The molecular weight excluding hydrogens is 289 g/mol. The second-order valence-corrected chi connectivity index (χ2v) is 5.46. The van der Waals surface area contributed by atoms with Crippen LogP contribution < -0.4 is 5.32 Å². The van der Waals surface area contributed by atoms with Crippen molar-refractivity contribution in [1.29, 1.82) is 0 Å². The van der Waals surface area contributed by atoms with Crippen LogP contribution in [0.2, 0.25) is 5.02 Å². The lowest BCUT2D eigenvalue weighted by Crippen LogP contribution is -2.38. The number of aliphatic carboxylic acids is 1. The fraction of sp³-hybridized carbons (Fsp3) is 0.385. The Labute approximate surface area is 120 Å². The molecule has 0 aliphatic rings. The van der Waals surface area contributed by atoms with Crippen molar-refractivity contribution in [3.8, 4) is 0 Å². The molecule has 0 aliphatic carbocycles. The van der Waals surface area contributed by atoms with Crippen molar-refractivity contribution in [2.75, 3.05) is 0 Å². The third-order valence-corrected chi connectivity index (χ3v) is 2.53. The summed E-state index contributed by atoms with van der Waals surface area (Å²) in [6.07, 6.45) is -0.968. The maximum atomic E-state index is 13.7. The van der Waals surface area contributed by atoms with Crippen LogP contribution in [-0.2, 0) is 9.53 Å². The number of carbonyl (C=O) groups is 2. The maximum Gasteiger partial charge on any atom is 0.408 e. The van der Waals surface area contributed by atoms with E-state index in [0.717, 1.165) is 6.07 Å². The van der Waals surface area contributed by atoms with Gasteiger partial charge in [0, 0.05) is 10.6 Å². The Hall–Kier alpha value is -1.82. The molecule has 0 saturated heterocycles. The van der Waals surface area contributed by atoms with E-state index < -0.39 is 29.5 Å². The zero-order valence-electron chi connectivity index (χ0n) is 11.2. The van der Waals surface area contributed by atoms with Crippen LogP contribution in [0.5, 0.6) is 0 Å². The molecule has 7 heteroatoms. The molecule has 1 aromatic carbocycles. The van der Waals surface area contributed by atoms with Crippen molar-refractivity contribution in [2.24, 2.45) is 0 Å².